The second-order valence-corrected chi connectivity index (χ2v) is 3.86. The molecule has 78 valence electrons. The standard InChI is InChI=1S/C10H13BN2O2/c1-11(15)13-6-8(7-13)10(14)9-4-2-3-5-12-9/h2-5,8,15H,6-7H2,1H3. The largest absolute Gasteiger partial charge is 0.437 e. The summed E-state index contributed by atoms with van der Waals surface area (Å²) in [6.45, 7) is 2.97. The van der Waals surface area contributed by atoms with Crippen LogP contribution < -0.4 is 0 Å². The highest BCUT2D eigenvalue weighted by atomic mass is 16.2. The molecule has 0 aliphatic carbocycles. The molecule has 0 unspecified atom stereocenters. The summed E-state index contributed by atoms with van der Waals surface area (Å²) < 4.78 is 0. The fourth-order valence-electron chi connectivity index (χ4n) is 1.70. The molecule has 0 radical (unpaired) electrons. The average Bonchev–Trinajstić information content (AvgIpc) is 2.16. The molecule has 0 spiro atoms. The van der Waals surface area contributed by atoms with Crippen molar-refractivity contribution in [1.29, 1.82) is 0 Å². The molecule has 0 amide bonds. The highest BCUT2D eigenvalue weighted by Gasteiger charge is 2.36. The van der Waals surface area contributed by atoms with Gasteiger partial charge in [0.05, 0.1) is 0 Å². The molecule has 1 aliphatic rings. The molecule has 0 bridgehead atoms. The molecule has 1 fully saturated rings. The van der Waals surface area contributed by atoms with Gasteiger partial charge >= 0.3 is 7.05 Å². The Morgan fingerprint density at radius 1 is 1.60 bits per heavy atom. The Morgan fingerprint density at radius 2 is 2.33 bits per heavy atom. The summed E-state index contributed by atoms with van der Waals surface area (Å²) in [4.78, 5) is 17.7. The molecule has 0 saturated carbocycles. The van der Waals surface area contributed by atoms with Crippen molar-refractivity contribution in [2.24, 2.45) is 5.92 Å². The number of rotatable bonds is 3. The zero-order valence-corrected chi connectivity index (χ0v) is 8.63. The first-order valence-corrected chi connectivity index (χ1v) is 5.06. The Hall–Kier alpha value is -1.20. The summed E-state index contributed by atoms with van der Waals surface area (Å²) in [6.07, 6.45) is 1.62. The molecule has 1 N–H and O–H groups in total. The van der Waals surface area contributed by atoms with Gasteiger partial charge in [-0.15, -0.1) is 0 Å². The van der Waals surface area contributed by atoms with Crippen LogP contribution in [0.15, 0.2) is 24.4 Å². The van der Waals surface area contributed by atoms with Crippen LogP contribution in [0.4, 0.5) is 0 Å². The van der Waals surface area contributed by atoms with Crippen LogP contribution in [0.5, 0.6) is 0 Å². The topological polar surface area (TPSA) is 53.4 Å². The number of ketones is 1. The van der Waals surface area contributed by atoms with Crippen LogP contribution in [-0.4, -0.2) is 40.7 Å². The van der Waals surface area contributed by atoms with E-state index in [0.29, 0.717) is 18.8 Å². The number of pyridine rings is 1. The van der Waals surface area contributed by atoms with Gasteiger partial charge in [-0.05, 0) is 19.0 Å². The highest BCUT2D eigenvalue weighted by Crippen LogP contribution is 2.19. The van der Waals surface area contributed by atoms with Gasteiger partial charge in [-0.2, -0.15) is 0 Å². The molecular formula is C10H13BN2O2. The summed E-state index contributed by atoms with van der Waals surface area (Å²) in [5.41, 5.74) is 0.521. The van der Waals surface area contributed by atoms with Gasteiger partial charge in [0.25, 0.3) is 0 Å². The van der Waals surface area contributed by atoms with Crippen LogP contribution in [0.2, 0.25) is 6.82 Å². The van der Waals surface area contributed by atoms with Crippen LogP contribution in [0.3, 0.4) is 0 Å². The van der Waals surface area contributed by atoms with E-state index in [1.807, 2.05) is 10.9 Å². The number of Topliss-reactive ketones (excluding diaryl/α,β-unsaturated/α-hetero) is 1. The molecule has 2 rings (SSSR count). The van der Waals surface area contributed by atoms with E-state index in [0.717, 1.165) is 0 Å². The van der Waals surface area contributed by atoms with E-state index in [1.54, 1.807) is 25.2 Å². The van der Waals surface area contributed by atoms with Crippen LogP contribution >= 0.6 is 0 Å². The van der Waals surface area contributed by atoms with Crippen LogP contribution in [-0.2, 0) is 0 Å². The van der Waals surface area contributed by atoms with E-state index >= 15 is 0 Å². The molecule has 1 aliphatic heterocycles. The van der Waals surface area contributed by atoms with E-state index < -0.39 is 7.05 Å². The lowest BCUT2D eigenvalue weighted by atomic mass is 9.77. The second-order valence-electron chi connectivity index (χ2n) is 3.86. The number of carbonyl (C=O) groups is 1. The predicted octanol–water partition coefficient (Wildman–Crippen LogP) is 0.306. The molecule has 1 aromatic heterocycles. The van der Waals surface area contributed by atoms with Crippen molar-refractivity contribution in [3.63, 3.8) is 0 Å². The number of hydrogen-bond acceptors (Lipinski definition) is 4. The lowest BCUT2D eigenvalue weighted by Crippen LogP contribution is -2.56. The predicted molar refractivity (Wildman–Crippen MR) is 57.5 cm³/mol. The van der Waals surface area contributed by atoms with E-state index in [4.69, 9.17) is 0 Å². The minimum Gasteiger partial charge on any atom is -0.437 e. The maximum Gasteiger partial charge on any atom is 0.376 e. The Kier molecular flexibility index (Phi) is 2.84. The highest BCUT2D eigenvalue weighted by molar-refractivity contribution is 6.45. The molecular weight excluding hydrogens is 191 g/mol. The van der Waals surface area contributed by atoms with Gasteiger partial charge in [-0.25, -0.2) is 0 Å². The lowest BCUT2D eigenvalue weighted by Gasteiger charge is -2.38. The van der Waals surface area contributed by atoms with E-state index in [9.17, 15) is 9.82 Å². The van der Waals surface area contributed by atoms with Crippen molar-refractivity contribution < 1.29 is 9.82 Å². The SMILES string of the molecule is CB(O)N1CC(C(=O)c2ccccn2)C1. The first-order chi connectivity index (χ1) is 7.18. The van der Waals surface area contributed by atoms with E-state index in [-0.39, 0.29) is 11.7 Å². The van der Waals surface area contributed by atoms with Crippen LogP contribution in [0.25, 0.3) is 0 Å². The monoisotopic (exact) mass is 204 g/mol. The number of carbonyl (C=O) groups excluding carboxylic acids is 1. The molecule has 4 nitrogen and oxygen atoms in total. The van der Waals surface area contributed by atoms with E-state index in [2.05, 4.69) is 4.98 Å². The van der Waals surface area contributed by atoms with Gasteiger partial charge < -0.3 is 9.83 Å². The van der Waals surface area contributed by atoms with Crippen molar-refractivity contribution in [2.45, 2.75) is 6.82 Å². The second kappa shape index (κ2) is 4.12. The Labute approximate surface area is 89.1 Å². The maximum atomic E-state index is 11.8. The summed E-state index contributed by atoms with van der Waals surface area (Å²) in [6, 6.07) is 5.33. The molecule has 0 atom stereocenters. The zero-order chi connectivity index (χ0) is 10.8. The quantitative estimate of drug-likeness (QED) is 0.568. The smallest absolute Gasteiger partial charge is 0.376 e. The number of hydrogen-bond donors (Lipinski definition) is 1. The Bertz CT molecular complexity index is 350. The van der Waals surface area contributed by atoms with Crippen molar-refractivity contribution in [1.82, 2.24) is 9.79 Å². The summed E-state index contributed by atoms with van der Waals surface area (Å²) in [5, 5.41) is 9.24. The third-order valence-electron chi connectivity index (χ3n) is 2.73. The molecule has 1 aromatic rings. The third kappa shape index (κ3) is 2.08. The zero-order valence-electron chi connectivity index (χ0n) is 8.63. The van der Waals surface area contributed by atoms with Crippen LogP contribution in [0.1, 0.15) is 10.5 Å². The molecule has 5 heteroatoms. The Morgan fingerprint density at radius 3 is 2.87 bits per heavy atom. The normalized spacial score (nSPS) is 17.2. The van der Waals surface area contributed by atoms with Crippen LogP contribution in [0, 0.1) is 5.92 Å². The fraction of sp³-hybridized carbons (Fsp3) is 0.400. The minimum absolute atomic E-state index is 0.00509. The number of aromatic nitrogens is 1. The van der Waals surface area contributed by atoms with Gasteiger partial charge in [0.1, 0.15) is 5.69 Å². The number of nitrogens with zero attached hydrogens (tertiary/aromatic N) is 2. The van der Waals surface area contributed by atoms with Gasteiger partial charge in [-0.3, -0.25) is 9.78 Å². The lowest BCUT2D eigenvalue weighted by molar-refractivity contribution is 0.0768. The van der Waals surface area contributed by atoms with Crippen molar-refractivity contribution in [3.05, 3.63) is 30.1 Å². The fourth-order valence-corrected chi connectivity index (χ4v) is 1.70. The maximum absolute atomic E-state index is 11.8. The summed E-state index contributed by atoms with van der Waals surface area (Å²) >= 11 is 0. The summed E-state index contributed by atoms with van der Waals surface area (Å²) in [5.74, 6) is 0.0713. The molecule has 0 aromatic carbocycles. The average molecular weight is 204 g/mol. The van der Waals surface area contributed by atoms with Gasteiger partial charge in [0, 0.05) is 25.2 Å². The first kappa shape index (κ1) is 10.3. The van der Waals surface area contributed by atoms with Crippen molar-refractivity contribution in [3.8, 4) is 0 Å². The van der Waals surface area contributed by atoms with Gasteiger partial charge in [0.15, 0.2) is 5.78 Å². The van der Waals surface area contributed by atoms with Crippen molar-refractivity contribution >= 4 is 12.8 Å². The van der Waals surface area contributed by atoms with Crippen molar-refractivity contribution in [2.75, 3.05) is 13.1 Å². The van der Waals surface area contributed by atoms with Gasteiger partial charge in [0.2, 0.25) is 0 Å². The van der Waals surface area contributed by atoms with Gasteiger partial charge in [-0.1, -0.05) is 6.07 Å². The molecule has 1 saturated heterocycles. The molecule has 2 heterocycles. The summed E-state index contributed by atoms with van der Waals surface area (Å²) in [7, 11) is -0.460. The molecule has 15 heavy (non-hydrogen) atoms. The minimum atomic E-state index is -0.460. The Balaban J connectivity index is 1.95. The first-order valence-electron chi connectivity index (χ1n) is 5.06. The third-order valence-corrected chi connectivity index (χ3v) is 2.73. The van der Waals surface area contributed by atoms with E-state index in [1.165, 1.54) is 0 Å².